The lowest BCUT2D eigenvalue weighted by molar-refractivity contribution is -0.119. The fourth-order valence-electron chi connectivity index (χ4n) is 3.50. The lowest BCUT2D eigenvalue weighted by Crippen LogP contribution is -2.40. The molecule has 0 atom stereocenters. The molecule has 2 heterocycles. The van der Waals surface area contributed by atoms with Crippen molar-refractivity contribution in [3.63, 3.8) is 0 Å². The fourth-order valence-corrected chi connectivity index (χ4v) is 3.50. The SMILES string of the molecule is COc1cc(-c2coc3cc(-c4cnn(C)c4)ccc23)cc(OC)c1C(=O)NNC(C)=O. The zero-order chi connectivity index (χ0) is 22.8. The second kappa shape index (κ2) is 8.46. The van der Waals surface area contributed by atoms with Gasteiger partial charge >= 0.3 is 0 Å². The first-order chi connectivity index (χ1) is 15.4. The van der Waals surface area contributed by atoms with Gasteiger partial charge in [-0.1, -0.05) is 6.07 Å². The van der Waals surface area contributed by atoms with Gasteiger partial charge in [0.05, 0.1) is 26.7 Å². The van der Waals surface area contributed by atoms with Gasteiger partial charge in [-0.3, -0.25) is 25.1 Å². The predicted molar refractivity (Wildman–Crippen MR) is 118 cm³/mol. The Morgan fingerprint density at radius 1 is 1.00 bits per heavy atom. The normalized spacial score (nSPS) is 10.8. The van der Waals surface area contributed by atoms with Crippen LogP contribution in [0.5, 0.6) is 11.5 Å². The molecule has 0 bridgehead atoms. The molecule has 0 spiro atoms. The molecule has 32 heavy (non-hydrogen) atoms. The van der Waals surface area contributed by atoms with Crippen molar-refractivity contribution in [2.75, 3.05) is 14.2 Å². The largest absolute Gasteiger partial charge is 0.496 e. The zero-order valence-electron chi connectivity index (χ0n) is 18.1. The van der Waals surface area contributed by atoms with Crippen LogP contribution in [0.3, 0.4) is 0 Å². The molecule has 0 aliphatic carbocycles. The molecule has 0 radical (unpaired) electrons. The van der Waals surface area contributed by atoms with E-state index in [0.717, 1.165) is 27.6 Å². The van der Waals surface area contributed by atoms with Crippen LogP contribution >= 0.6 is 0 Å². The van der Waals surface area contributed by atoms with Crippen LogP contribution in [0, 0.1) is 0 Å². The minimum atomic E-state index is -0.557. The van der Waals surface area contributed by atoms with Crippen LogP contribution in [-0.2, 0) is 11.8 Å². The Bertz CT molecular complexity index is 1300. The molecule has 0 fully saturated rings. The summed E-state index contributed by atoms with van der Waals surface area (Å²) in [6.07, 6.45) is 5.39. The fraction of sp³-hybridized carbons (Fsp3) is 0.174. The molecule has 2 amide bonds. The molecule has 0 unspecified atom stereocenters. The van der Waals surface area contributed by atoms with Gasteiger partial charge in [0.1, 0.15) is 22.6 Å². The number of hydrogen-bond acceptors (Lipinski definition) is 6. The maximum Gasteiger partial charge on any atom is 0.277 e. The number of nitrogens with one attached hydrogen (secondary N) is 2. The predicted octanol–water partition coefficient (Wildman–Crippen LogP) is 3.30. The smallest absolute Gasteiger partial charge is 0.277 e. The number of ether oxygens (including phenoxy) is 2. The Balaban J connectivity index is 1.76. The number of hydrogen-bond donors (Lipinski definition) is 2. The third kappa shape index (κ3) is 3.87. The van der Waals surface area contributed by atoms with Crippen LogP contribution in [0.2, 0.25) is 0 Å². The number of carbonyl (C=O) groups excluding carboxylic acids is 2. The van der Waals surface area contributed by atoms with Gasteiger partial charge in [0.2, 0.25) is 5.91 Å². The van der Waals surface area contributed by atoms with Crippen molar-refractivity contribution < 1.29 is 23.5 Å². The summed E-state index contributed by atoms with van der Waals surface area (Å²) in [6, 6.07) is 9.39. The lowest BCUT2D eigenvalue weighted by atomic mass is 9.99. The average Bonchev–Trinajstić information content (AvgIpc) is 3.42. The van der Waals surface area contributed by atoms with Gasteiger partial charge in [0.25, 0.3) is 5.91 Å². The van der Waals surface area contributed by atoms with Crippen LogP contribution in [0.4, 0.5) is 0 Å². The summed E-state index contributed by atoms with van der Waals surface area (Å²) < 4.78 is 18.5. The van der Waals surface area contributed by atoms with Gasteiger partial charge in [-0.2, -0.15) is 5.10 Å². The third-order valence-corrected chi connectivity index (χ3v) is 5.01. The molecule has 2 aromatic heterocycles. The molecular formula is C23H22N4O5. The number of furan rings is 1. The van der Waals surface area contributed by atoms with E-state index in [1.54, 1.807) is 29.3 Å². The Labute approximate surface area is 183 Å². The quantitative estimate of drug-likeness (QED) is 0.467. The molecule has 2 N–H and O–H groups in total. The summed E-state index contributed by atoms with van der Waals surface area (Å²) in [6.45, 7) is 1.29. The first-order valence-corrected chi connectivity index (χ1v) is 9.75. The number of fused-ring (bicyclic) bond motifs is 1. The Hall–Kier alpha value is -4.27. The lowest BCUT2D eigenvalue weighted by Gasteiger charge is -2.15. The van der Waals surface area contributed by atoms with Crippen molar-refractivity contribution in [3.8, 4) is 33.8 Å². The van der Waals surface area contributed by atoms with Crippen molar-refractivity contribution in [1.29, 1.82) is 0 Å². The summed E-state index contributed by atoms with van der Waals surface area (Å²) >= 11 is 0. The molecule has 4 rings (SSSR count). The van der Waals surface area contributed by atoms with E-state index in [1.165, 1.54) is 21.1 Å². The molecule has 9 nitrogen and oxygen atoms in total. The number of carbonyl (C=O) groups is 2. The first-order valence-electron chi connectivity index (χ1n) is 9.75. The van der Waals surface area contributed by atoms with Crippen LogP contribution in [0.25, 0.3) is 33.2 Å². The van der Waals surface area contributed by atoms with E-state index in [-0.39, 0.29) is 5.56 Å². The molecule has 0 aliphatic rings. The van der Waals surface area contributed by atoms with Crippen molar-refractivity contribution >= 4 is 22.8 Å². The molecule has 164 valence electrons. The van der Waals surface area contributed by atoms with Crippen LogP contribution < -0.4 is 20.3 Å². The maximum atomic E-state index is 12.6. The van der Waals surface area contributed by atoms with Gasteiger partial charge < -0.3 is 13.9 Å². The standard InChI is InChI=1S/C23H22N4O5/c1-13(28)25-26-23(29)22-20(30-3)8-15(9-21(22)31-4)18-12-32-19-7-14(5-6-17(18)19)16-10-24-27(2)11-16/h5-12H,1-4H3,(H,25,28)(H,26,29). The average molecular weight is 434 g/mol. The summed E-state index contributed by atoms with van der Waals surface area (Å²) in [7, 11) is 4.79. The van der Waals surface area contributed by atoms with E-state index < -0.39 is 11.8 Å². The zero-order valence-corrected chi connectivity index (χ0v) is 18.1. The van der Waals surface area contributed by atoms with E-state index in [4.69, 9.17) is 13.9 Å². The minimum absolute atomic E-state index is 0.166. The van der Waals surface area contributed by atoms with Gasteiger partial charge in [-0.25, -0.2) is 0 Å². The Morgan fingerprint density at radius 2 is 1.72 bits per heavy atom. The number of nitrogens with zero attached hydrogens (tertiary/aromatic N) is 2. The van der Waals surface area contributed by atoms with E-state index in [9.17, 15) is 9.59 Å². The molecule has 4 aromatic rings. The summed E-state index contributed by atoms with van der Waals surface area (Å²) in [4.78, 5) is 23.7. The number of benzene rings is 2. The van der Waals surface area contributed by atoms with E-state index in [0.29, 0.717) is 17.1 Å². The van der Waals surface area contributed by atoms with Crippen molar-refractivity contribution in [2.45, 2.75) is 6.92 Å². The minimum Gasteiger partial charge on any atom is -0.496 e. The van der Waals surface area contributed by atoms with Gasteiger partial charge in [-0.15, -0.1) is 0 Å². The van der Waals surface area contributed by atoms with Crippen molar-refractivity contribution in [1.82, 2.24) is 20.6 Å². The van der Waals surface area contributed by atoms with E-state index >= 15 is 0 Å². The number of hydrazine groups is 1. The number of methoxy groups -OCH3 is 2. The highest BCUT2D eigenvalue weighted by Crippen LogP contribution is 2.39. The number of aromatic nitrogens is 2. The Morgan fingerprint density at radius 3 is 2.31 bits per heavy atom. The van der Waals surface area contributed by atoms with E-state index in [2.05, 4.69) is 16.0 Å². The third-order valence-electron chi connectivity index (χ3n) is 5.01. The van der Waals surface area contributed by atoms with Crippen LogP contribution in [0.1, 0.15) is 17.3 Å². The molecule has 9 heteroatoms. The highest BCUT2D eigenvalue weighted by atomic mass is 16.5. The van der Waals surface area contributed by atoms with Crippen molar-refractivity contribution in [3.05, 3.63) is 54.6 Å². The maximum absolute atomic E-state index is 12.6. The second-order valence-electron chi connectivity index (χ2n) is 7.15. The first kappa shape index (κ1) is 21.0. The number of rotatable bonds is 5. The summed E-state index contributed by atoms with van der Waals surface area (Å²) in [5.74, 6) is -0.367. The van der Waals surface area contributed by atoms with E-state index in [1.807, 2.05) is 31.4 Å². The number of aryl methyl sites for hydroxylation is 1. The summed E-state index contributed by atoms with van der Waals surface area (Å²) in [5, 5.41) is 5.11. The van der Waals surface area contributed by atoms with Crippen LogP contribution in [0.15, 0.2) is 53.4 Å². The van der Waals surface area contributed by atoms with Gasteiger partial charge in [0.15, 0.2) is 0 Å². The molecule has 0 saturated carbocycles. The molecular weight excluding hydrogens is 412 g/mol. The van der Waals surface area contributed by atoms with Crippen LogP contribution in [-0.4, -0.2) is 35.8 Å². The topological polar surface area (TPSA) is 108 Å². The number of amides is 2. The molecule has 0 aliphatic heterocycles. The second-order valence-corrected chi connectivity index (χ2v) is 7.15. The summed E-state index contributed by atoms with van der Waals surface area (Å²) in [5.41, 5.74) is 9.03. The van der Waals surface area contributed by atoms with Gasteiger partial charge in [-0.05, 0) is 35.4 Å². The monoisotopic (exact) mass is 434 g/mol. The van der Waals surface area contributed by atoms with Crippen molar-refractivity contribution in [2.24, 2.45) is 7.05 Å². The highest BCUT2D eigenvalue weighted by molar-refractivity contribution is 6.03. The molecule has 0 saturated heterocycles. The highest BCUT2D eigenvalue weighted by Gasteiger charge is 2.22. The molecule has 2 aromatic carbocycles. The Kier molecular flexibility index (Phi) is 5.55. The van der Waals surface area contributed by atoms with Gasteiger partial charge in [0, 0.05) is 36.7 Å².